The predicted molar refractivity (Wildman–Crippen MR) is 73.4 cm³/mol. The van der Waals surface area contributed by atoms with Gasteiger partial charge in [-0.05, 0) is 56.3 Å². The fourth-order valence-electron chi connectivity index (χ4n) is 3.11. The van der Waals surface area contributed by atoms with Gasteiger partial charge in [0.25, 0.3) is 0 Å². The van der Waals surface area contributed by atoms with Crippen molar-refractivity contribution in [2.24, 2.45) is 23.2 Å². The molecule has 1 aliphatic rings. The highest BCUT2D eigenvalue weighted by molar-refractivity contribution is 5.08. The summed E-state index contributed by atoms with van der Waals surface area (Å²) in [5.41, 5.74) is 3.14. The standard InChI is InChI=1S/C16H28/c1-11(2)8-13-9-14(16(5,6)7)10-15(13)12(3)4/h13-15H,1,3,8-10H2,2,4-7H3. The third-order valence-electron chi connectivity index (χ3n) is 4.16. The monoisotopic (exact) mass is 220 g/mol. The van der Waals surface area contributed by atoms with Crippen molar-refractivity contribution in [2.45, 2.75) is 53.9 Å². The lowest BCUT2D eigenvalue weighted by Gasteiger charge is -2.27. The molecule has 1 saturated carbocycles. The molecule has 3 unspecified atom stereocenters. The largest absolute Gasteiger partial charge is 0.100 e. The van der Waals surface area contributed by atoms with Gasteiger partial charge in [-0.15, -0.1) is 6.58 Å². The Balaban J connectivity index is 2.76. The summed E-state index contributed by atoms with van der Waals surface area (Å²) in [7, 11) is 0. The number of allylic oxidation sites excluding steroid dienone is 2. The molecule has 0 N–H and O–H groups in total. The minimum absolute atomic E-state index is 0.442. The van der Waals surface area contributed by atoms with Crippen molar-refractivity contribution in [3.63, 3.8) is 0 Å². The molecule has 1 rings (SSSR count). The summed E-state index contributed by atoms with van der Waals surface area (Å²) in [4.78, 5) is 0. The average molecular weight is 220 g/mol. The summed E-state index contributed by atoms with van der Waals surface area (Å²) >= 11 is 0. The first-order chi connectivity index (χ1) is 7.21. The Hall–Kier alpha value is -0.520. The summed E-state index contributed by atoms with van der Waals surface area (Å²) in [5, 5.41) is 0. The Kier molecular flexibility index (Phi) is 4.04. The molecule has 0 amide bonds. The van der Waals surface area contributed by atoms with Crippen LogP contribution in [0.3, 0.4) is 0 Å². The highest BCUT2D eigenvalue weighted by atomic mass is 14.4. The molecule has 0 aromatic heterocycles. The molecule has 1 fully saturated rings. The van der Waals surface area contributed by atoms with E-state index in [1.807, 2.05) is 0 Å². The van der Waals surface area contributed by atoms with Crippen molar-refractivity contribution < 1.29 is 0 Å². The first-order valence-corrected chi connectivity index (χ1v) is 6.51. The van der Waals surface area contributed by atoms with Crippen molar-refractivity contribution in [1.29, 1.82) is 0 Å². The van der Waals surface area contributed by atoms with E-state index in [0.717, 1.165) is 17.8 Å². The van der Waals surface area contributed by atoms with Gasteiger partial charge in [0.05, 0.1) is 0 Å². The molecule has 0 radical (unpaired) electrons. The van der Waals surface area contributed by atoms with Gasteiger partial charge in [0, 0.05) is 0 Å². The fourth-order valence-corrected chi connectivity index (χ4v) is 3.11. The van der Waals surface area contributed by atoms with Gasteiger partial charge in [0.15, 0.2) is 0 Å². The molecule has 0 aliphatic heterocycles. The van der Waals surface area contributed by atoms with Crippen molar-refractivity contribution >= 4 is 0 Å². The van der Waals surface area contributed by atoms with E-state index in [4.69, 9.17) is 0 Å². The van der Waals surface area contributed by atoms with Crippen LogP contribution >= 0.6 is 0 Å². The van der Waals surface area contributed by atoms with E-state index in [2.05, 4.69) is 47.8 Å². The van der Waals surface area contributed by atoms with Crippen LogP contribution in [0.4, 0.5) is 0 Å². The van der Waals surface area contributed by atoms with E-state index in [-0.39, 0.29) is 0 Å². The van der Waals surface area contributed by atoms with Gasteiger partial charge in [0.1, 0.15) is 0 Å². The number of rotatable bonds is 3. The van der Waals surface area contributed by atoms with Crippen molar-refractivity contribution in [1.82, 2.24) is 0 Å². The molecular weight excluding hydrogens is 192 g/mol. The predicted octanol–water partition coefficient (Wildman–Crippen LogP) is 5.22. The molecule has 16 heavy (non-hydrogen) atoms. The molecule has 1 aliphatic carbocycles. The number of hydrogen-bond acceptors (Lipinski definition) is 0. The maximum absolute atomic E-state index is 4.18. The normalized spacial score (nSPS) is 30.4. The molecule has 0 aromatic carbocycles. The summed E-state index contributed by atoms with van der Waals surface area (Å²) in [6.45, 7) is 19.7. The molecule has 0 heterocycles. The van der Waals surface area contributed by atoms with E-state index in [1.165, 1.54) is 30.4 Å². The van der Waals surface area contributed by atoms with Gasteiger partial charge in [-0.25, -0.2) is 0 Å². The third-order valence-corrected chi connectivity index (χ3v) is 4.16. The van der Waals surface area contributed by atoms with Crippen LogP contribution in [0.5, 0.6) is 0 Å². The first kappa shape index (κ1) is 13.5. The summed E-state index contributed by atoms with van der Waals surface area (Å²) in [6.07, 6.45) is 3.87. The quantitative estimate of drug-likeness (QED) is 0.572. The van der Waals surface area contributed by atoms with Gasteiger partial charge in [-0.3, -0.25) is 0 Å². The van der Waals surface area contributed by atoms with Crippen LogP contribution in [0.1, 0.15) is 53.9 Å². The van der Waals surface area contributed by atoms with Crippen LogP contribution in [-0.4, -0.2) is 0 Å². The number of hydrogen-bond donors (Lipinski definition) is 0. The lowest BCUT2D eigenvalue weighted by Crippen LogP contribution is -2.17. The van der Waals surface area contributed by atoms with Crippen molar-refractivity contribution in [2.75, 3.05) is 0 Å². The Morgan fingerprint density at radius 1 is 1.12 bits per heavy atom. The maximum Gasteiger partial charge on any atom is -0.0174 e. The van der Waals surface area contributed by atoms with E-state index in [9.17, 15) is 0 Å². The van der Waals surface area contributed by atoms with E-state index in [0.29, 0.717) is 5.41 Å². The molecule has 0 saturated heterocycles. The highest BCUT2D eigenvalue weighted by Gasteiger charge is 2.39. The second-order valence-electron chi connectivity index (χ2n) is 6.91. The van der Waals surface area contributed by atoms with Crippen LogP contribution in [0, 0.1) is 23.2 Å². The van der Waals surface area contributed by atoms with Gasteiger partial charge in [0.2, 0.25) is 0 Å². The molecule has 3 atom stereocenters. The minimum atomic E-state index is 0.442. The molecular formula is C16H28. The van der Waals surface area contributed by atoms with E-state index < -0.39 is 0 Å². The van der Waals surface area contributed by atoms with E-state index >= 15 is 0 Å². The topological polar surface area (TPSA) is 0 Å². The molecule has 92 valence electrons. The minimum Gasteiger partial charge on any atom is -0.100 e. The zero-order valence-electron chi connectivity index (χ0n) is 11.8. The zero-order chi connectivity index (χ0) is 12.5. The van der Waals surface area contributed by atoms with Gasteiger partial charge >= 0.3 is 0 Å². The van der Waals surface area contributed by atoms with Crippen molar-refractivity contribution in [3.8, 4) is 0 Å². The molecule has 0 aromatic rings. The Morgan fingerprint density at radius 2 is 1.69 bits per heavy atom. The Morgan fingerprint density at radius 3 is 2.06 bits per heavy atom. The highest BCUT2D eigenvalue weighted by Crippen LogP contribution is 2.49. The molecule has 0 bridgehead atoms. The average Bonchev–Trinajstić information content (AvgIpc) is 2.45. The van der Waals surface area contributed by atoms with Crippen LogP contribution in [0.2, 0.25) is 0 Å². The maximum atomic E-state index is 4.18. The second kappa shape index (κ2) is 4.77. The Labute approximate surface area is 102 Å². The summed E-state index contributed by atoms with van der Waals surface area (Å²) in [5.74, 6) is 2.36. The molecule has 0 nitrogen and oxygen atoms in total. The summed E-state index contributed by atoms with van der Waals surface area (Å²) < 4.78 is 0. The second-order valence-corrected chi connectivity index (χ2v) is 6.91. The van der Waals surface area contributed by atoms with Crippen LogP contribution < -0.4 is 0 Å². The van der Waals surface area contributed by atoms with Crippen LogP contribution in [0.15, 0.2) is 24.3 Å². The third kappa shape index (κ3) is 3.23. The SMILES string of the molecule is C=C(C)CC1CC(C(C)(C)C)CC1C(=C)C. The smallest absolute Gasteiger partial charge is 0.0174 e. The lowest BCUT2D eigenvalue weighted by atomic mass is 9.79. The Bertz CT molecular complexity index is 277. The lowest BCUT2D eigenvalue weighted by molar-refractivity contribution is 0.237. The van der Waals surface area contributed by atoms with E-state index in [1.54, 1.807) is 0 Å². The van der Waals surface area contributed by atoms with Gasteiger partial charge in [-0.1, -0.05) is 38.5 Å². The summed E-state index contributed by atoms with van der Waals surface area (Å²) in [6, 6.07) is 0. The van der Waals surface area contributed by atoms with Gasteiger partial charge < -0.3 is 0 Å². The van der Waals surface area contributed by atoms with Crippen molar-refractivity contribution in [3.05, 3.63) is 24.3 Å². The first-order valence-electron chi connectivity index (χ1n) is 6.51. The van der Waals surface area contributed by atoms with Gasteiger partial charge in [-0.2, -0.15) is 0 Å². The van der Waals surface area contributed by atoms with Crippen LogP contribution in [-0.2, 0) is 0 Å². The fraction of sp³-hybridized carbons (Fsp3) is 0.750. The van der Waals surface area contributed by atoms with Crippen LogP contribution in [0.25, 0.3) is 0 Å². The zero-order valence-corrected chi connectivity index (χ0v) is 11.8. The molecule has 0 heteroatoms. The molecule has 0 spiro atoms.